The van der Waals surface area contributed by atoms with Gasteiger partial charge >= 0.3 is 0 Å². The van der Waals surface area contributed by atoms with Crippen molar-refractivity contribution in [1.29, 1.82) is 0 Å². The van der Waals surface area contributed by atoms with E-state index in [1.165, 1.54) is 17.3 Å². The molecule has 1 saturated heterocycles. The van der Waals surface area contributed by atoms with Crippen LogP contribution in [0, 0.1) is 0 Å². The monoisotopic (exact) mass is 368 g/mol. The van der Waals surface area contributed by atoms with Crippen molar-refractivity contribution in [2.24, 2.45) is 0 Å². The van der Waals surface area contributed by atoms with E-state index in [9.17, 15) is 4.79 Å². The molecule has 1 aliphatic heterocycles. The van der Waals surface area contributed by atoms with Gasteiger partial charge in [0.05, 0.1) is 4.91 Å². The van der Waals surface area contributed by atoms with Gasteiger partial charge in [-0.05, 0) is 35.8 Å². The zero-order valence-electron chi connectivity index (χ0n) is 14.3. The Morgan fingerprint density at radius 3 is 2.40 bits per heavy atom. The van der Waals surface area contributed by atoms with Crippen LogP contribution in [0.1, 0.15) is 11.1 Å². The molecule has 0 atom stereocenters. The molecular weight excluding hydrogens is 348 g/mol. The van der Waals surface area contributed by atoms with Crippen LogP contribution in [-0.4, -0.2) is 35.8 Å². The number of rotatable bonds is 5. The minimum atomic E-state index is 0.00242. The number of benzene rings is 2. The number of nitrogens with zero attached hydrogens (tertiary/aromatic N) is 2. The highest BCUT2D eigenvalue weighted by Crippen LogP contribution is 2.32. The Morgan fingerprint density at radius 1 is 1.08 bits per heavy atom. The van der Waals surface area contributed by atoms with E-state index in [-0.39, 0.29) is 5.91 Å². The summed E-state index contributed by atoms with van der Waals surface area (Å²) in [5, 5.41) is 0. The van der Waals surface area contributed by atoms with Gasteiger partial charge in [-0.1, -0.05) is 66.4 Å². The largest absolute Gasteiger partial charge is 0.378 e. The van der Waals surface area contributed by atoms with E-state index < -0.39 is 0 Å². The molecular formula is C20H20N2OS2. The second-order valence-electron chi connectivity index (χ2n) is 6.05. The molecule has 3 nitrogen and oxygen atoms in total. The van der Waals surface area contributed by atoms with Crippen LogP contribution < -0.4 is 4.90 Å². The van der Waals surface area contributed by atoms with Crippen molar-refractivity contribution in [1.82, 2.24) is 4.90 Å². The Morgan fingerprint density at radius 2 is 1.76 bits per heavy atom. The van der Waals surface area contributed by atoms with Gasteiger partial charge in [-0.15, -0.1) is 0 Å². The summed E-state index contributed by atoms with van der Waals surface area (Å²) in [7, 11) is 4.01. The maximum absolute atomic E-state index is 12.7. The molecule has 0 aliphatic carbocycles. The summed E-state index contributed by atoms with van der Waals surface area (Å²) in [5.41, 5.74) is 3.35. The summed E-state index contributed by atoms with van der Waals surface area (Å²) >= 11 is 6.78. The molecule has 0 bridgehead atoms. The van der Waals surface area contributed by atoms with Crippen LogP contribution in [0.25, 0.3) is 6.08 Å². The number of thioether (sulfide) groups is 1. The normalized spacial score (nSPS) is 15.9. The summed E-state index contributed by atoms with van der Waals surface area (Å²) in [5.74, 6) is 0.00242. The molecule has 0 unspecified atom stereocenters. The molecule has 128 valence electrons. The van der Waals surface area contributed by atoms with Crippen LogP contribution in [0.4, 0.5) is 5.69 Å². The third-order valence-corrected chi connectivity index (χ3v) is 5.43. The maximum atomic E-state index is 12.7. The zero-order valence-corrected chi connectivity index (χ0v) is 15.9. The third-order valence-electron chi connectivity index (χ3n) is 4.05. The quantitative estimate of drug-likeness (QED) is 0.583. The lowest BCUT2D eigenvalue weighted by Gasteiger charge is -2.14. The molecule has 0 spiro atoms. The first-order chi connectivity index (χ1) is 12.0. The molecule has 25 heavy (non-hydrogen) atoms. The summed E-state index contributed by atoms with van der Waals surface area (Å²) in [6.07, 6.45) is 2.72. The van der Waals surface area contributed by atoms with Crippen molar-refractivity contribution in [3.8, 4) is 0 Å². The number of amides is 1. The van der Waals surface area contributed by atoms with Gasteiger partial charge in [0.25, 0.3) is 5.91 Å². The van der Waals surface area contributed by atoms with E-state index in [2.05, 4.69) is 12.1 Å². The van der Waals surface area contributed by atoms with Crippen molar-refractivity contribution < 1.29 is 4.79 Å². The molecule has 0 saturated carbocycles. The molecule has 0 aromatic heterocycles. The van der Waals surface area contributed by atoms with Gasteiger partial charge in [0.1, 0.15) is 4.32 Å². The highest BCUT2D eigenvalue weighted by Gasteiger charge is 2.31. The fourth-order valence-electron chi connectivity index (χ4n) is 2.60. The van der Waals surface area contributed by atoms with E-state index in [1.807, 2.05) is 67.5 Å². The van der Waals surface area contributed by atoms with Crippen molar-refractivity contribution in [2.45, 2.75) is 6.42 Å². The minimum Gasteiger partial charge on any atom is -0.378 e. The van der Waals surface area contributed by atoms with E-state index in [1.54, 1.807) is 4.90 Å². The van der Waals surface area contributed by atoms with Crippen LogP contribution in [-0.2, 0) is 11.2 Å². The second-order valence-corrected chi connectivity index (χ2v) is 7.73. The Kier molecular flexibility index (Phi) is 5.56. The van der Waals surface area contributed by atoms with Gasteiger partial charge < -0.3 is 4.90 Å². The highest BCUT2D eigenvalue weighted by atomic mass is 32.2. The second kappa shape index (κ2) is 7.85. The van der Waals surface area contributed by atoms with E-state index >= 15 is 0 Å². The fourth-order valence-corrected chi connectivity index (χ4v) is 3.91. The number of anilines is 1. The molecule has 1 fully saturated rings. The van der Waals surface area contributed by atoms with Gasteiger partial charge in [-0.3, -0.25) is 9.69 Å². The fraction of sp³-hybridized carbons (Fsp3) is 0.200. The SMILES string of the molecule is CN(C)c1ccc(/C=C2\SC(=S)N(CCc3ccccc3)C2=O)cc1. The van der Waals surface area contributed by atoms with Crippen LogP contribution in [0.3, 0.4) is 0 Å². The number of thiocarbonyl (C=S) groups is 1. The number of carbonyl (C=O) groups excluding carboxylic acids is 1. The van der Waals surface area contributed by atoms with Crippen molar-refractivity contribution >= 4 is 46.0 Å². The molecule has 0 radical (unpaired) electrons. The topological polar surface area (TPSA) is 23.6 Å². The minimum absolute atomic E-state index is 0.00242. The van der Waals surface area contributed by atoms with E-state index in [0.717, 1.165) is 17.7 Å². The Hall–Kier alpha value is -2.11. The number of hydrogen-bond donors (Lipinski definition) is 0. The summed E-state index contributed by atoms with van der Waals surface area (Å²) < 4.78 is 0.636. The smallest absolute Gasteiger partial charge is 0.266 e. The highest BCUT2D eigenvalue weighted by molar-refractivity contribution is 8.26. The lowest BCUT2D eigenvalue weighted by molar-refractivity contribution is -0.122. The third kappa shape index (κ3) is 4.30. The van der Waals surface area contributed by atoms with Gasteiger partial charge in [0.15, 0.2) is 0 Å². The Balaban J connectivity index is 1.69. The summed E-state index contributed by atoms with van der Waals surface area (Å²) in [4.78, 5) is 17.1. The van der Waals surface area contributed by atoms with Crippen molar-refractivity contribution in [3.05, 3.63) is 70.6 Å². The zero-order chi connectivity index (χ0) is 17.8. The number of carbonyl (C=O) groups is 1. The van der Waals surface area contributed by atoms with Crippen molar-refractivity contribution in [2.75, 3.05) is 25.5 Å². The van der Waals surface area contributed by atoms with Crippen LogP contribution in [0.15, 0.2) is 59.5 Å². The summed E-state index contributed by atoms with van der Waals surface area (Å²) in [6, 6.07) is 18.3. The molecule has 2 aromatic rings. The standard InChI is InChI=1S/C20H20N2OS2/c1-21(2)17-10-8-16(9-11-17)14-18-19(23)22(20(24)25-18)13-12-15-6-4-3-5-7-15/h3-11,14H,12-13H2,1-2H3/b18-14-. The molecule has 1 amide bonds. The Labute approximate surface area is 158 Å². The van der Waals surface area contributed by atoms with Crippen LogP contribution in [0.5, 0.6) is 0 Å². The van der Waals surface area contributed by atoms with Crippen LogP contribution in [0.2, 0.25) is 0 Å². The average Bonchev–Trinajstić information content (AvgIpc) is 2.88. The molecule has 3 rings (SSSR count). The van der Waals surface area contributed by atoms with Crippen molar-refractivity contribution in [3.63, 3.8) is 0 Å². The summed E-state index contributed by atoms with van der Waals surface area (Å²) in [6.45, 7) is 0.617. The van der Waals surface area contributed by atoms with E-state index in [4.69, 9.17) is 12.2 Å². The molecule has 1 heterocycles. The molecule has 5 heteroatoms. The van der Waals surface area contributed by atoms with Gasteiger partial charge in [0, 0.05) is 26.3 Å². The van der Waals surface area contributed by atoms with Gasteiger partial charge in [-0.25, -0.2) is 0 Å². The maximum Gasteiger partial charge on any atom is 0.266 e. The predicted octanol–water partition coefficient (Wildman–Crippen LogP) is 4.20. The lowest BCUT2D eigenvalue weighted by atomic mass is 10.1. The first-order valence-corrected chi connectivity index (χ1v) is 9.34. The number of hydrogen-bond acceptors (Lipinski definition) is 4. The first kappa shape index (κ1) is 17.7. The van der Waals surface area contributed by atoms with Crippen LogP contribution >= 0.6 is 24.0 Å². The first-order valence-electron chi connectivity index (χ1n) is 8.11. The lowest BCUT2D eigenvalue weighted by Crippen LogP contribution is -2.30. The van der Waals surface area contributed by atoms with Gasteiger partial charge in [0.2, 0.25) is 0 Å². The molecule has 2 aromatic carbocycles. The Bertz CT molecular complexity index is 798. The molecule has 1 aliphatic rings. The van der Waals surface area contributed by atoms with E-state index in [0.29, 0.717) is 15.8 Å². The predicted molar refractivity (Wildman–Crippen MR) is 111 cm³/mol. The van der Waals surface area contributed by atoms with Gasteiger partial charge in [-0.2, -0.15) is 0 Å². The molecule has 0 N–H and O–H groups in total. The average molecular weight is 369 g/mol.